The van der Waals surface area contributed by atoms with E-state index in [0.717, 1.165) is 5.52 Å². The number of benzene rings is 1. The molecule has 2 heterocycles. The number of nitrogens with one attached hydrogen (secondary N) is 1. The second kappa shape index (κ2) is 4.88. The van der Waals surface area contributed by atoms with Crippen molar-refractivity contribution in [1.82, 2.24) is 10.3 Å². The molecule has 2 aromatic heterocycles. The van der Waals surface area contributed by atoms with E-state index >= 15 is 0 Å². The maximum atomic E-state index is 4.41. The molecule has 1 unspecified atom stereocenters. The predicted molar refractivity (Wildman–Crippen MR) is 77.0 cm³/mol. The van der Waals surface area contributed by atoms with E-state index in [1.54, 1.807) is 11.3 Å². The lowest BCUT2D eigenvalue weighted by Gasteiger charge is -2.17. The molecule has 3 heteroatoms. The summed E-state index contributed by atoms with van der Waals surface area (Å²) in [6.45, 7) is 0. The van der Waals surface area contributed by atoms with E-state index in [1.807, 2.05) is 19.3 Å². The highest BCUT2D eigenvalue weighted by molar-refractivity contribution is 7.08. The van der Waals surface area contributed by atoms with Crippen molar-refractivity contribution in [1.29, 1.82) is 0 Å². The molecular formula is C15H14N2S. The number of hydrogen-bond acceptors (Lipinski definition) is 3. The van der Waals surface area contributed by atoms with Gasteiger partial charge < -0.3 is 5.32 Å². The lowest BCUT2D eigenvalue weighted by atomic mass is 9.98. The van der Waals surface area contributed by atoms with Gasteiger partial charge in [0.05, 0.1) is 11.6 Å². The number of nitrogens with zero attached hydrogens (tertiary/aromatic N) is 1. The summed E-state index contributed by atoms with van der Waals surface area (Å²) in [5.41, 5.74) is 3.63. The molecule has 90 valence electrons. The van der Waals surface area contributed by atoms with Gasteiger partial charge in [-0.15, -0.1) is 0 Å². The Hall–Kier alpha value is -1.71. The Morgan fingerprint density at radius 3 is 2.83 bits per heavy atom. The molecule has 0 spiro atoms. The van der Waals surface area contributed by atoms with Crippen LogP contribution in [0.1, 0.15) is 17.2 Å². The van der Waals surface area contributed by atoms with E-state index in [-0.39, 0.29) is 6.04 Å². The van der Waals surface area contributed by atoms with Gasteiger partial charge in [0.2, 0.25) is 0 Å². The fraction of sp³-hybridized carbons (Fsp3) is 0.133. The highest BCUT2D eigenvalue weighted by Gasteiger charge is 2.14. The van der Waals surface area contributed by atoms with Crippen molar-refractivity contribution in [2.45, 2.75) is 6.04 Å². The fourth-order valence-electron chi connectivity index (χ4n) is 2.31. The molecule has 0 saturated carbocycles. The van der Waals surface area contributed by atoms with Crippen LogP contribution >= 0.6 is 11.3 Å². The van der Waals surface area contributed by atoms with Crippen molar-refractivity contribution in [2.75, 3.05) is 7.05 Å². The summed E-state index contributed by atoms with van der Waals surface area (Å²) in [7, 11) is 2.00. The predicted octanol–water partition coefficient (Wildman–Crippen LogP) is 3.61. The highest BCUT2D eigenvalue weighted by atomic mass is 32.1. The van der Waals surface area contributed by atoms with E-state index in [4.69, 9.17) is 0 Å². The van der Waals surface area contributed by atoms with Crippen LogP contribution in [-0.4, -0.2) is 12.0 Å². The van der Waals surface area contributed by atoms with Gasteiger partial charge >= 0.3 is 0 Å². The number of hydrogen-bond donors (Lipinski definition) is 1. The Balaban J connectivity index is 2.18. The third-order valence-electron chi connectivity index (χ3n) is 3.16. The quantitative estimate of drug-likeness (QED) is 0.772. The molecule has 0 aliphatic carbocycles. The van der Waals surface area contributed by atoms with Gasteiger partial charge in [0, 0.05) is 11.6 Å². The maximum absolute atomic E-state index is 4.41. The van der Waals surface area contributed by atoms with Crippen molar-refractivity contribution < 1.29 is 0 Å². The molecule has 1 aromatic carbocycles. The summed E-state index contributed by atoms with van der Waals surface area (Å²) in [6.07, 6.45) is 1.88. The minimum absolute atomic E-state index is 0.226. The van der Waals surface area contributed by atoms with Gasteiger partial charge in [0.25, 0.3) is 0 Å². The minimum Gasteiger partial charge on any atom is -0.309 e. The average Bonchev–Trinajstić information content (AvgIpc) is 2.94. The average molecular weight is 254 g/mol. The van der Waals surface area contributed by atoms with Gasteiger partial charge in [0.1, 0.15) is 0 Å². The first kappa shape index (κ1) is 11.4. The number of thiophene rings is 1. The SMILES string of the molecule is CNC(c1ccsc1)c1ccnc2ccccc12. The number of fused-ring (bicyclic) bond motifs is 1. The first-order valence-electron chi connectivity index (χ1n) is 5.93. The van der Waals surface area contributed by atoms with Gasteiger partial charge in [-0.2, -0.15) is 11.3 Å². The number of rotatable bonds is 3. The van der Waals surface area contributed by atoms with Crippen LogP contribution in [0.2, 0.25) is 0 Å². The molecule has 1 atom stereocenters. The van der Waals surface area contributed by atoms with Gasteiger partial charge in [0.15, 0.2) is 0 Å². The standard InChI is InChI=1S/C15H14N2S/c1-16-15(11-7-9-18-10-11)13-6-8-17-14-5-3-2-4-12(13)14/h2-10,15-16H,1H3. The maximum Gasteiger partial charge on any atom is 0.0705 e. The molecule has 0 aliphatic heterocycles. The van der Waals surface area contributed by atoms with Crippen LogP contribution in [0.3, 0.4) is 0 Å². The molecule has 1 N–H and O–H groups in total. The normalized spacial score (nSPS) is 12.7. The van der Waals surface area contributed by atoms with Crippen LogP contribution in [0.15, 0.2) is 53.4 Å². The number of aromatic nitrogens is 1. The summed E-state index contributed by atoms with van der Waals surface area (Å²) < 4.78 is 0. The fourth-order valence-corrected chi connectivity index (χ4v) is 3.00. The third kappa shape index (κ3) is 1.92. The smallest absolute Gasteiger partial charge is 0.0705 e. The molecule has 0 bridgehead atoms. The molecule has 0 saturated heterocycles. The largest absolute Gasteiger partial charge is 0.309 e. The molecular weight excluding hydrogens is 240 g/mol. The van der Waals surface area contributed by atoms with Crippen LogP contribution in [0, 0.1) is 0 Å². The van der Waals surface area contributed by atoms with Crippen molar-refractivity contribution in [3.05, 3.63) is 64.5 Å². The van der Waals surface area contributed by atoms with Crippen LogP contribution in [0.5, 0.6) is 0 Å². The van der Waals surface area contributed by atoms with E-state index in [0.29, 0.717) is 0 Å². The first-order valence-corrected chi connectivity index (χ1v) is 6.87. The Labute approximate surface area is 110 Å². The molecule has 0 radical (unpaired) electrons. The van der Waals surface area contributed by atoms with Crippen LogP contribution in [0.25, 0.3) is 10.9 Å². The van der Waals surface area contributed by atoms with E-state index in [2.05, 4.69) is 51.4 Å². The van der Waals surface area contributed by atoms with Gasteiger partial charge in [-0.05, 0) is 47.1 Å². The van der Waals surface area contributed by atoms with Gasteiger partial charge in [-0.1, -0.05) is 18.2 Å². The zero-order valence-corrected chi connectivity index (χ0v) is 10.9. The lowest BCUT2D eigenvalue weighted by molar-refractivity contribution is 0.699. The van der Waals surface area contributed by atoms with Crippen LogP contribution in [0.4, 0.5) is 0 Å². The molecule has 2 nitrogen and oxygen atoms in total. The third-order valence-corrected chi connectivity index (χ3v) is 3.86. The van der Waals surface area contributed by atoms with E-state index in [9.17, 15) is 0 Å². The molecule has 18 heavy (non-hydrogen) atoms. The molecule has 0 fully saturated rings. The summed E-state index contributed by atoms with van der Waals surface area (Å²) in [4.78, 5) is 4.41. The van der Waals surface area contributed by atoms with Gasteiger partial charge in [-0.25, -0.2) is 0 Å². The van der Waals surface area contributed by atoms with Crippen LogP contribution in [-0.2, 0) is 0 Å². The lowest BCUT2D eigenvalue weighted by Crippen LogP contribution is -2.17. The van der Waals surface area contributed by atoms with Gasteiger partial charge in [-0.3, -0.25) is 4.98 Å². The number of para-hydroxylation sites is 1. The highest BCUT2D eigenvalue weighted by Crippen LogP contribution is 2.28. The zero-order valence-electron chi connectivity index (χ0n) is 10.1. The first-order chi connectivity index (χ1) is 8.90. The van der Waals surface area contributed by atoms with Crippen molar-refractivity contribution in [2.24, 2.45) is 0 Å². The molecule has 0 amide bonds. The van der Waals surface area contributed by atoms with Crippen molar-refractivity contribution in [3.63, 3.8) is 0 Å². The summed E-state index contributed by atoms with van der Waals surface area (Å²) in [5.74, 6) is 0. The molecule has 0 aliphatic rings. The Kier molecular flexibility index (Phi) is 3.09. The summed E-state index contributed by atoms with van der Waals surface area (Å²) in [5, 5.41) is 8.91. The summed E-state index contributed by atoms with van der Waals surface area (Å²) in [6, 6.07) is 12.8. The van der Waals surface area contributed by atoms with Crippen LogP contribution < -0.4 is 5.32 Å². The molecule has 3 aromatic rings. The minimum atomic E-state index is 0.226. The Morgan fingerprint density at radius 2 is 2.06 bits per heavy atom. The second-order valence-corrected chi connectivity index (χ2v) is 4.98. The Bertz CT molecular complexity index is 641. The zero-order chi connectivity index (χ0) is 12.4. The van der Waals surface area contributed by atoms with Crippen molar-refractivity contribution in [3.8, 4) is 0 Å². The van der Waals surface area contributed by atoms with E-state index in [1.165, 1.54) is 16.5 Å². The summed E-state index contributed by atoms with van der Waals surface area (Å²) >= 11 is 1.73. The van der Waals surface area contributed by atoms with E-state index < -0.39 is 0 Å². The number of pyridine rings is 1. The monoisotopic (exact) mass is 254 g/mol. The topological polar surface area (TPSA) is 24.9 Å². The Morgan fingerprint density at radius 1 is 1.17 bits per heavy atom. The molecule has 3 rings (SSSR count). The second-order valence-electron chi connectivity index (χ2n) is 4.20. The van der Waals surface area contributed by atoms with Crippen molar-refractivity contribution >= 4 is 22.2 Å².